The lowest BCUT2D eigenvalue weighted by Crippen LogP contribution is -2.44. The van der Waals surface area contributed by atoms with E-state index in [0.29, 0.717) is 18.7 Å². The first-order valence-corrected chi connectivity index (χ1v) is 10.6. The zero-order chi connectivity index (χ0) is 22.2. The molecule has 6 nitrogen and oxygen atoms in total. The van der Waals surface area contributed by atoms with Gasteiger partial charge < -0.3 is 14.6 Å². The molecule has 2 aliphatic rings. The van der Waals surface area contributed by atoms with Crippen LogP contribution >= 0.6 is 0 Å². The number of benzene rings is 3. The molecule has 1 amide bonds. The van der Waals surface area contributed by atoms with Crippen molar-refractivity contribution in [2.24, 2.45) is 0 Å². The Morgan fingerprint density at radius 2 is 1.66 bits per heavy atom. The second-order valence-corrected chi connectivity index (χ2v) is 8.13. The summed E-state index contributed by atoms with van der Waals surface area (Å²) in [7, 11) is 1.59. The number of hydrogen-bond acceptors (Lipinski definition) is 4. The van der Waals surface area contributed by atoms with Crippen LogP contribution < -0.4 is 4.90 Å². The number of amides is 1. The molecule has 6 heteroatoms. The molecular weight excluding hydrogens is 406 g/mol. The highest BCUT2D eigenvalue weighted by Crippen LogP contribution is 2.44. The second-order valence-electron chi connectivity index (χ2n) is 8.13. The van der Waals surface area contributed by atoms with Crippen LogP contribution in [-0.2, 0) is 15.9 Å². The zero-order valence-corrected chi connectivity index (χ0v) is 17.7. The first-order valence-electron chi connectivity index (χ1n) is 10.6. The molecule has 1 aliphatic heterocycles. The molecule has 1 N–H and O–H groups in total. The Morgan fingerprint density at radius 3 is 2.28 bits per heavy atom. The van der Waals surface area contributed by atoms with Gasteiger partial charge in [-0.3, -0.25) is 4.90 Å². The van der Waals surface area contributed by atoms with E-state index < -0.39 is 12.1 Å². The van der Waals surface area contributed by atoms with Gasteiger partial charge in [0.25, 0.3) is 0 Å². The van der Waals surface area contributed by atoms with Gasteiger partial charge in [0.15, 0.2) is 0 Å². The van der Waals surface area contributed by atoms with Gasteiger partial charge in [0, 0.05) is 19.4 Å². The lowest BCUT2D eigenvalue weighted by Gasteiger charge is -2.33. The molecule has 1 unspecified atom stereocenters. The number of aromatic carboxylic acids is 1. The summed E-state index contributed by atoms with van der Waals surface area (Å²) in [6, 6.07) is 21.2. The third kappa shape index (κ3) is 3.42. The summed E-state index contributed by atoms with van der Waals surface area (Å²) in [5, 5.41) is 9.31. The van der Waals surface area contributed by atoms with E-state index >= 15 is 0 Å². The summed E-state index contributed by atoms with van der Waals surface area (Å²) in [6.45, 7) is 0.580. The third-order valence-electron chi connectivity index (χ3n) is 6.34. The van der Waals surface area contributed by atoms with Crippen molar-refractivity contribution in [1.29, 1.82) is 0 Å². The van der Waals surface area contributed by atoms with Crippen LogP contribution in [0.1, 0.15) is 33.0 Å². The average Bonchev–Trinajstić information content (AvgIpc) is 3.15. The highest BCUT2D eigenvalue weighted by molar-refractivity contribution is 5.93. The van der Waals surface area contributed by atoms with E-state index in [1.54, 1.807) is 24.1 Å². The number of methoxy groups -OCH3 is 1. The van der Waals surface area contributed by atoms with E-state index in [4.69, 9.17) is 9.47 Å². The third-order valence-corrected chi connectivity index (χ3v) is 6.34. The maximum Gasteiger partial charge on any atom is 0.414 e. The van der Waals surface area contributed by atoms with Crippen LogP contribution in [0.25, 0.3) is 11.1 Å². The van der Waals surface area contributed by atoms with Crippen molar-refractivity contribution in [1.82, 2.24) is 0 Å². The van der Waals surface area contributed by atoms with Crippen LogP contribution in [-0.4, -0.2) is 43.5 Å². The van der Waals surface area contributed by atoms with Crippen molar-refractivity contribution in [3.8, 4) is 11.1 Å². The van der Waals surface area contributed by atoms with Gasteiger partial charge >= 0.3 is 12.1 Å². The van der Waals surface area contributed by atoms with E-state index in [2.05, 4.69) is 24.3 Å². The molecule has 0 saturated heterocycles. The van der Waals surface area contributed by atoms with E-state index in [-0.39, 0.29) is 24.2 Å². The number of rotatable bonds is 4. The maximum atomic E-state index is 13.2. The molecule has 162 valence electrons. The molecule has 0 saturated carbocycles. The quantitative estimate of drug-likeness (QED) is 0.650. The number of nitrogens with zero attached hydrogens (tertiary/aromatic N) is 1. The summed E-state index contributed by atoms with van der Waals surface area (Å²) in [5.41, 5.74) is 6.27. The van der Waals surface area contributed by atoms with Gasteiger partial charge in [0.2, 0.25) is 0 Å². The molecule has 1 heterocycles. The topological polar surface area (TPSA) is 76.1 Å². The molecule has 32 heavy (non-hydrogen) atoms. The van der Waals surface area contributed by atoms with Gasteiger partial charge in [-0.05, 0) is 46.0 Å². The van der Waals surface area contributed by atoms with E-state index in [1.165, 1.54) is 17.2 Å². The summed E-state index contributed by atoms with van der Waals surface area (Å²) in [4.78, 5) is 26.1. The number of ether oxygens (including phenoxy) is 2. The van der Waals surface area contributed by atoms with Crippen molar-refractivity contribution in [3.63, 3.8) is 0 Å². The predicted molar refractivity (Wildman–Crippen MR) is 120 cm³/mol. The van der Waals surface area contributed by atoms with Gasteiger partial charge in [0.05, 0.1) is 23.9 Å². The minimum Gasteiger partial charge on any atom is -0.478 e. The fourth-order valence-electron chi connectivity index (χ4n) is 4.76. The van der Waals surface area contributed by atoms with E-state index in [1.807, 2.05) is 24.3 Å². The molecular formula is C26H23NO5. The largest absolute Gasteiger partial charge is 0.478 e. The number of anilines is 1. The van der Waals surface area contributed by atoms with Crippen LogP contribution in [0.3, 0.4) is 0 Å². The lowest BCUT2D eigenvalue weighted by molar-refractivity contribution is 0.0696. The summed E-state index contributed by atoms with van der Waals surface area (Å²) in [6.07, 6.45) is -0.148. The first kappa shape index (κ1) is 20.3. The molecule has 1 aliphatic carbocycles. The van der Waals surface area contributed by atoms with Crippen LogP contribution in [0, 0.1) is 0 Å². The van der Waals surface area contributed by atoms with Crippen molar-refractivity contribution < 1.29 is 24.2 Å². The molecule has 3 aromatic carbocycles. The van der Waals surface area contributed by atoms with Crippen LogP contribution in [0.5, 0.6) is 0 Å². The summed E-state index contributed by atoms with van der Waals surface area (Å²) >= 11 is 0. The van der Waals surface area contributed by atoms with Crippen molar-refractivity contribution in [2.45, 2.75) is 18.4 Å². The number of carboxylic acid groups (broad SMARTS) is 1. The van der Waals surface area contributed by atoms with Crippen molar-refractivity contribution >= 4 is 17.7 Å². The standard InChI is InChI=1S/C26H23NO5/c1-31-18-13-17-12-16(25(28)29)10-11-24(17)27(14-18)26(30)32-15-23-21-8-4-2-6-19(21)20-7-3-5-9-22(20)23/h2-12,18,23H,13-15H2,1H3,(H,28,29). The molecule has 0 fully saturated rings. The van der Waals surface area contributed by atoms with E-state index in [0.717, 1.165) is 16.7 Å². The Balaban J connectivity index is 1.40. The Kier molecular flexibility index (Phi) is 5.15. The smallest absolute Gasteiger partial charge is 0.414 e. The summed E-state index contributed by atoms with van der Waals surface area (Å²) in [5.74, 6) is -1.02. The van der Waals surface area contributed by atoms with Crippen LogP contribution in [0.2, 0.25) is 0 Å². The lowest BCUT2D eigenvalue weighted by atomic mass is 9.97. The highest BCUT2D eigenvalue weighted by Gasteiger charge is 2.33. The number of carbonyl (C=O) groups is 2. The molecule has 0 aromatic heterocycles. The Labute approximate surface area is 186 Å². The fourth-order valence-corrected chi connectivity index (χ4v) is 4.76. The Bertz CT molecular complexity index is 1160. The minimum absolute atomic E-state index is 0.0248. The molecule has 3 aromatic rings. The molecule has 0 radical (unpaired) electrons. The number of hydrogen-bond donors (Lipinski definition) is 1. The molecule has 1 atom stereocenters. The molecule has 0 bridgehead atoms. The van der Waals surface area contributed by atoms with Crippen LogP contribution in [0.15, 0.2) is 66.7 Å². The number of carboxylic acids is 1. The summed E-state index contributed by atoms with van der Waals surface area (Å²) < 4.78 is 11.3. The monoisotopic (exact) mass is 429 g/mol. The van der Waals surface area contributed by atoms with E-state index in [9.17, 15) is 14.7 Å². The van der Waals surface area contributed by atoms with Crippen LogP contribution in [0.4, 0.5) is 10.5 Å². The van der Waals surface area contributed by atoms with Crippen molar-refractivity contribution in [3.05, 3.63) is 89.0 Å². The first-order chi connectivity index (χ1) is 15.6. The van der Waals surface area contributed by atoms with Gasteiger partial charge in [-0.25, -0.2) is 9.59 Å². The predicted octanol–water partition coefficient (Wildman–Crippen LogP) is 4.71. The van der Waals surface area contributed by atoms with Gasteiger partial charge in [0.1, 0.15) is 6.61 Å². The number of carbonyl (C=O) groups excluding carboxylic acids is 1. The van der Waals surface area contributed by atoms with Crippen molar-refractivity contribution in [2.75, 3.05) is 25.2 Å². The fraction of sp³-hybridized carbons (Fsp3) is 0.231. The Hall–Kier alpha value is -3.64. The SMILES string of the molecule is COC1Cc2cc(C(=O)O)ccc2N(C(=O)OCC2c3ccccc3-c3ccccc32)C1. The zero-order valence-electron chi connectivity index (χ0n) is 17.7. The van der Waals surface area contributed by atoms with Gasteiger partial charge in [-0.2, -0.15) is 0 Å². The molecule has 0 spiro atoms. The Morgan fingerprint density at radius 1 is 1.00 bits per heavy atom. The minimum atomic E-state index is -1.000. The maximum absolute atomic E-state index is 13.2. The number of fused-ring (bicyclic) bond motifs is 4. The van der Waals surface area contributed by atoms with Gasteiger partial charge in [-0.15, -0.1) is 0 Å². The average molecular weight is 429 g/mol. The highest BCUT2D eigenvalue weighted by atomic mass is 16.6. The normalized spacial score (nSPS) is 16.8. The second kappa shape index (κ2) is 8.13. The van der Waals surface area contributed by atoms with Gasteiger partial charge in [-0.1, -0.05) is 48.5 Å². The molecule has 5 rings (SSSR count).